The highest BCUT2D eigenvalue weighted by Crippen LogP contribution is 2.26. The molecule has 4 rings (SSSR count). The summed E-state index contributed by atoms with van der Waals surface area (Å²) in [4.78, 5) is 22.0. The third kappa shape index (κ3) is 5.27. The molecule has 8 heteroatoms. The molecule has 0 bridgehead atoms. The van der Waals surface area contributed by atoms with E-state index in [-0.39, 0.29) is 11.1 Å². The van der Waals surface area contributed by atoms with Crippen molar-refractivity contribution in [3.63, 3.8) is 0 Å². The predicted octanol–water partition coefficient (Wildman–Crippen LogP) is 0.834. The van der Waals surface area contributed by atoms with Gasteiger partial charge in [0.2, 0.25) is 5.91 Å². The molecule has 0 unspecified atom stereocenters. The third-order valence-corrected chi connectivity index (χ3v) is 5.59. The first-order chi connectivity index (χ1) is 14.3. The highest BCUT2D eigenvalue weighted by Gasteiger charge is 2.16. The van der Waals surface area contributed by atoms with Gasteiger partial charge in [0.15, 0.2) is 5.88 Å². The molecule has 1 saturated heterocycles. The molecule has 2 aromatic carbocycles. The molecular weight excluding hydrogens is 400 g/mol. The molecule has 2 aliphatic rings. The number of amides is 2. The monoisotopic (exact) mass is 426 g/mol. The molecule has 0 saturated carbocycles. The molecule has 1 heterocycles. The number of imide groups is 1. The van der Waals surface area contributed by atoms with Crippen LogP contribution in [0, 0.1) is 0 Å². The summed E-state index contributed by atoms with van der Waals surface area (Å²) in [5.41, 5.74) is 15.2. The molecule has 1 aliphatic carbocycles. The first-order valence-electron chi connectivity index (χ1n) is 9.63. The lowest BCUT2D eigenvalue weighted by atomic mass is 10.1. The fourth-order valence-corrected chi connectivity index (χ4v) is 3.79. The van der Waals surface area contributed by atoms with Crippen LogP contribution in [-0.2, 0) is 17.6 Å². The number of nitrogens with two attached hydrogens (primary N) is 2. The molecule has 0 spiro atoms. The van der Waals surface area contributed by atoms with E-state index in [9.17, 15) is 9.59 Å². The molecule has 2 amide bonds. The van der Waals surface area contributed by atoms with Crippen molar-refractivity contribution >= 4 is 34.6 Å². The van der Waals surface area contributed by atoms with Crippen LogP contribution in [0.4, 0.5) is 4.79 Å². The van der Waals surface area contributed by atoms with Crippen LogP contribution in [0.2, 0.25) is 0 Å². The van der Waals surface area contributed by atoms with Crippen molar-refractivity contribution in [2.24, 2.45) is 11.5 Å². The summed E-state index contributed by atoms with van der Waals surface area (Å²) in [7, 11) is 3.81. The van der Waals surface area contributed by atoms with Crippen LogP contribution in [0.25, 0.3) is 11.7 Å². The van der Waals surface area contributed by atoms with Gasteiger partial charge in [0.25, 0.3) is 5.24 Å². The van der Waals surface area contributed by atoms with Gasteiger partial charge in [0.1, 0.15) is 11.6 Å². The van der Waals surface area contributed by atoms with Gasteiger partial charge in [-0.2, -0.15) is 0 Å². The van der Waals surface area contributed by atoms with E-state index >= 15 is 0 Å². The molecule has 0 radical (unpaired) electrons. The molecule has 0 atom stereocenters. The van der Waals surface area contributed by atoms with Gasteiger partial charge in [0, 0.05) is 24.5 Å². The number of benzene rings is 2. The zero-order valence-corrected chi connectivity index (χ0v) is 17.9. The van der Waals surface area contributed by atoms with E-state index in [0.29, 0.717) is 17.5 Å². The quantitative estimate of drug-likeness (QED) is 0.667. The first-order valence-corrected chi connectivity index (χ1v) is 10.6. The van der Waals surface area contributed by atoms with Crippen LogP contribution in [0.15, 0.2) is 42.5 Å². The minimum Gasteiger partial charge on any atom is -0.441 e. The Labute approximate surface area is 179 Å². The molecule has 1 aliphatic heterocycles. The number of ether oxygens (including phenoxy) is 1. The molecule has 158 valence electrons. The Morgan fingerprint density at radius 2 is 1.73 bits per heavy atom. The normalized spacial score (nSPS) is 16.7. The summed E-state index contributed by atoms with van der Waals surface area (Å²) in [5.74, 6) is 1.90. The summed E-state index contributed by atoms with van der Waals surface area (Å²) in [6.07, 6.45) is 3.49. The second kappa shape index (κ2) is 9.58. The van der Waals surface area contributed by atoms with Crippen molar-refractivity contribution in [2.45, 2.75) is 19.3 Å². The van der Waals surface area contributed by atoms with Gasteiger partial charge in [-0.25, -0.2) is 0 Å². The number of aryl methyl sites for hydroxylation is 2. The van der Waals surface area contributed by atoms with Crippen LogP contribution in [-0.4, -0.2) is 35.9 Å². The number of nitrogens with zero attached hydrogens (tertiary/aromatic N) is 1. The Kier molecular flexibility index (Phi) is 6.89. The van der Waals surface area contributed by atoms with Gasteiger partial charge < -0.3 is 21.1 Å². The lowest BCUT2D eigenvalue weighted by Gasteiger charge is -2.13. The Balaban J connectivity index is 0.000000310. The van der Waals surface area contributed by atoms with Crippen LogP contribution in [0.5, 0.6) is 5.75 Å². The molecule has 0 aromatic heterocycles. The van der Waals surface area contributed by atoms with E-state index in [0.717, 1.165) is 40.8 Å². The number of rotatable bonds is 3. The maximum Gasteiger partial charge on any atom is 0.286 e. The SMILES string of the molecule is CN(C)/C(N)=c1\cccc\c1=C(\N)Oc1ccc2c(c1)CCC2.O=C1CSC(=O)N1. The number of thioether (sulfide) groups is 1. The van der Waals surface area contributed by atoms with E-state index in [1.54, 1.807) is 0 Å². The maximum absolute atomic E-state index is 10.1. The zero-order chi connectivity index (χ0) is 21.7. The lowest BCUT2D eigenvalue weighted by molar-refractivity contribution is -0.117. The van der Waals surface area contributed by atoms with E-state index in [1.165, 1.54) is 17.5 Å². The Bertz CT molecular complexity index is 1070. The van der Waals surface area contributed by atoms with E-state index in [2.05, 4.69) is 17.4 Å². The molecule has 30 heavy (non-hydrogen) atoms. The van der Waals surface area contributed by atoms with Crippen LogP contribution >= 0.6 is 11.8 Å². The second-order valence-corrected chi connectivity index (χ2v) is 8.15. The zero-order valence-electron chi connectivity index (χ0n) is 17.1. The van der Waals surface area contributed by atoms with Crippen LogP contribution < -0.4 is 32.0 Å². The standard InChI is InChI=1S/C19H23N3O.C3H3NO2S/c1-22(2)18(20)16-8-3-4-9-17(16)19(21)23-15-11-10-13-6-5-7-14(13)12-15;5-2-1-7-3(6)4-2/h3-4,8-12H,5-7,20-21H2,1-2H3;1H2,(H,4,5,6)/b18-16+,19-17+;. The average Bonchev–Trinajstić information content (AvgIpc) is 3.35. The van der Waals surface area contributed by atoms with Crippen molar-refractivity contribution in [3.05, 3.63) is 64.0 Å². The van der Waals surface area contributed by atoms with Crippen LogP contribution in [0.3, 0.4) is 0 Å². The fraction of sp³-hybridized carbons (Fsp3) is 0.273. The van der Waals surface area contributed by atoms with Gasteiger partial charge in [0.05, 0.1) is 5.75 Å². The third-order valence-electron chi connectivity index (χ3n) is 4.82. The summed E-state index contributed by atoms with van der Waals surface area (Å²) in [6, 6.07) is 14.0. The highest BCUT2D eigenvalue weighted by atomic mass is 32.2. The van der Waals surface area contributed by atoms with Crippen molar-refractivity contribution in [1.82, 2.24) is 10.2 Å². The summed E-state index contributed by atoms with van der Waals surface area (Å²) in [5, 5.41) is 3.55. The lowest BCUT2D eigenvalue weighted by Crippen LogP contribution is -2.38. The summed E-state index contributed by atoms with van der Waals surface area (Å²) >= 11 is 1.01. The van der Waals surface area contributed by atoms with Crippen molar-refractivity contribution in [2.75, 3.05) is 19.8 Å². The number of carbonyl (C=O) groups excluding carboxylic acids is 2. The minimum absolute atomic E-state index is 0.185. The maximum atomic E-state index is 10.1. The highest BCUT2D eigenvalue weighted by molar-refractivity contribution is 8.14. The molecule has 2 aromatic rings. The average molecular weight is 427 g/mol. The molecule has 7 nitrogen and oxygen atoms in total. The van der Waals surface area contributed by atoms with E-state index in [4.69, 9.17) is 16.2 Å². The second-order valence-electron chi connectivity index (χ2n) is 7.20. The number of nitrogens with one attached hydrogen (secondary N) is 1. The van der Waals surface area contributed by atoms with Gasteiger partial charge in [-0.3, -0.25) is 14.9 Å². The van der Waals surface area contributed by atoms with Crippen molar-refractivity contribution in [1.29, 1.82) is 0 Å². The van der Waals surface area contributed by atoms with E-state index < -0.39 is 0 Å². The largest absolute Gasteiger partial charge is 0.441 e. The van der Waals surface area contributed by atoms with Crippen LogP contribution in [0.1, 0.15) is 17.5 Å². The number of carbonyl (C=O) groups is 2. The van der Waals surface area contributed by atoms with Gasteiger partial charge in [-0.15, -0.1) is 0 Å². The number of hydrogen-bond acceptors (Lipinski definition) is 7. The van der Waals surface area contributed by atoms with Crippen molar-refractivity contribution < 1.29 is 14.3 Å². The number of hydrogen-bond donors (Lipinski definition) is 3. The Morgan fingerprint density at radius 3 is 2.33 bits per heavy atom. The Morgan fingerprint density at radius 1 is 1.03 bits per heavy atom. The summed E-state index contributed by atoms with van der Waals surface area (Å²) < 4.78 is 5.90. The fourth-order valence-electron chi connectivity index (χ4n) is 3.27. The smallest absolute Gasteiger partial charge is 0.286 e. The number of fused-ring (bicyclic) bond motifs is 1. The van der Waals surface area contributed by atoms with Gasteiger partial charge in [-0.1, -0.05) is 36.0 Å². The molecular formula is C22H26N4O3S. The van der Waals surface area contributed by atoms with Gasteiger partial charge >= 0.3 is 0 Å². The molecule has 1 fully saturated rings. The predicted molar refractivity (Wildman–Crippen MR) is 120 cm³/mol. The van der Waals surface area contributed by atoms with Gasteiger partial charge in [-0.05, 0) is 48.6 Å². The minimum atomic E-state index is -0.231. The van der Waals surface area contributed by atoms with E-state index in [1.807, 2.05) is 49.3 Å². The first kappa shape index (κ1) is 21.6. The molecule has 5 N–H and O–H groups in total. The van der Waals surface area contributed by atoms with Crippen molar-refractivity contribution in [3.8, 4) is 5.75 Å². The topological polar surface area (TPSA) is 111 Å². The Hall–Kier alpha value is -3.13. The summed E-state index contributed by atoms with van der Waals surface area (Å²) in [6.45, 7) is 0.